The maximum absolute atomic E-state index is 12.8. The summed E-state index contributed by atoms with van der Waals surface area (Å²) in [6.07, 6.45) is 3.77. The molecule has 3 aromatic rings. The van der Waals surface area contributed by atoms with E-state index in [-0.39, 0.29) is 18.5 Å². The third-order valence-electron chi connectivity index (χ3n) is 5.57. The number of hydrogen-bond donors (Lipinski definition) is 3. The van der Waals surface area contributed by atoms with Gasteiger partial charge in [0.1, 0.15) is 11.5 Å². The van der Waals surface area contributed by atoms with Crippen LogP contribution < -0.4 is 25.6 Å². The van der Waals surface area contributed by atoms with Crippen molar-refractivity contribution >= 4 is 23.3 Å². The first-order valence-corrected chi connectivity index (χ1v) is 11.0. The Morgan fingerprint density at radius 3 is 2.48 bits per heavy atom. The molecule has 3 amide bonds. The largest absolute Gasteiger partial charge is 0.497 e. The summed E-state index contributed by atoms with van der Waals surface area (Å²) in [6.45, 7) is 2.51. The molecule has 0 radical (unpaired) electrons. The van der Waals surface area contributed by atoms with E-state index in [1.54, 1.807) is 37.6 Å². The van der Waals surface area contributed by atoms with Gasteiger partial charge in [-0.2, -0.15) is 0 Å². The minimum atomic E-state index is -0.359. The monoisotopic (exact) mass is 448 g/mol. The van der Waals surface area contributed by atoms with Crippen LogP contribution in [0.4, 0.5) is 16.2 Å². The summed E-state index contributed by atoms with van der Waals surface area (Å²) in [5, 5.41) is 8.62. The highest BCUT2D eigenvalue weighted by atomic mass is 16.5. The number of urea groups is 1. The molecule has 8 heteroatoms. The van der Waals surface area contributed by atoms with E-state index in [4.69, 9.17) is 9.15 Å². The summed E-state index contributed by atoms with van der Waals surface area (Å²) in [7, 11) is 1.62. The maximum atomic E-state index is 12.8. The summed E-state index contributed by atoms with van der Waals surface area (Å²) >= 11 is 0. The maximum Gasteiger partial charge on any atom is 0.319 e. The third kappa shape index (κ3) is 5.85. The molecule has 1 aliphatic rings. The van der Waals surface area contributed by atoms with Crippen molar-refractivity contribution in [3.63, 3.8) is 0 Å². The zero-order valence-corrected chi connectivity index (χ0v) is 18.6. The average molecular weight is 449 g/mol. The number of ether oxygens (including phenoxy) is 1. The Kier molecular flexibility index (Phi) is 7.14. The number of rotatable bonds is 8. The van der Waals surface area contributed by atoms with Crippen LogP contribution in [0, 0.1) is 0 Å². The number of carbonyl (C=O) groups excluding carboxylic acids is 2. The Bertz CT molecular complexity index is 1070. The van der Waals surface area contributed by atoms with E-state index in [1.165, 1.54) is 0 Å². The van der Waals surface area contributed by atoms with Gasteiger partial charge in [-0.15, -0.1) is 0 Å². The van der Waals surface area contributed by atoms with E-state index in [0.717, 1.165) is 42.9 Å². The lowest BCUT2D eigenvalue weighted by Gasteiger charge is -2.22. The van der Waals surface area contributed by atoms with Crippen LogP contribution >= 0.6 is 0 Å². The van der Waals surface area contributed by atoms with Crippen molar-refractivity contribution in [3.8, 4) is 5.75 Å². The van der Waals surface area contributed by atoms with Gasteiger partial charge >= 0.3 is 6.03 Å². The summed E-state index contributed by atoms with van der Waals surface area (Å²) in [6, 6.07) is 16.2. The van der Waals surface area contributed by atoms with Crippen LogP contribution in [-0.4, -0.2) is 32.1 Å². The van der Waals surface area contributed by atoms with Crippen LogP contribution in [0.15, 0.2) is 65.3 Å². The highest BCUT2D eigenvalue weighted by molar-refractivity contribution is 5.99. The zero-order valence-electron chi connectivity index (χ0n) is 18.6. The number of furan rings is 1. The highest BCUT2D eigenvalue weighted by Crippen LogP contribution is 2.30. The second-order valence-corrected chi connectivity index (χ2v) is 7.84. The van der Waals surface area contributed by atoms with E-state index in [9.17, 15) is 9.59 Å². The topological polar surface area (TPSA) is 95.8 Å². The van der Waals surface area contributed by atoms with Gasteiger partial charge in [0, 0.05) is 25.2 Å². The van der Waals surface area contributed by atoms with E-state index >= 15 is 0 Å². The Labute approximate surface area is 192 Å². The molecule has 1 saturated heterocycles. The molecule has 3 N–H and O–H groups in total. The first kappa shape index (κ1) is 22.3. The third-order valence-corrected chi connectivity index (χ3v) is 5.57. The van der Waals surface area contributed by atoms with Crippen LogP contribution in [0.1, 0.15) is 34.5 Å². The fourth-order valence-electron chi connectivity index (χ4n) is 3.79. The number of amides is 3. The number of nitrogens with zero attached hydrogens (tertiary/aromatic N) is 1. The van der Waals surface area contributed by atoms with Gasteiger partial charge in [0.05, 0.1) is 31.3 Å². The number of methoxy groups -OCH3 is 1. The molecule has 1 aliphatic heterocycles. The molecular formula is C25H28N4O4. The SMILES string of the molecule is COc1ccc(CNC(=O)c2ccc(N3CCCC3)c(NC(=O)NCc3ccco3)c2)cc1. The van der Waals surface area contributed by atoms with Crippen LogP contribution in [0.25, 0.3) is 0 Å². The molecule has 0 spiro atoms. The molecule has 0 bridgehead atoms. The average Bonchev–Trinajstić information content (AvgIpc) is 3.56. The summed E-state index contributed by atoms with van der Waals surface area (Å²) in [4.78, 5) is 27.6. The molecular weight excluding hydrogens is 420 g/mol. The van der Waals surface area contributed by atoms with E-state index in [1.807, 2.05) is 30.3 Å². The Hall–Kier alpha value is -3.94. The fourth-order valence-corrected chi connectivity index (χ4v) is 3.79. The van der Waals surface area contributed by atoms with Crippen molar-refractivity contribution in [3.05, 3.63) is 77.7 Å². The summed E-state index contributed by atoms with van der Waals surface area (Å²) < 4.78 is 10.4. The van der Waals surface area contributed by atoms with E-state index in [0.29, 0.717) is 23.6 Å². The van der Waals surface area contributed by atoms with Crippen molar-refractivity contribution in [1.82, 2.24) is 10.6 Å². The first-order valence-electron chi connectivity index (χ1n) is 11.0. The smallest absolute Gasteiger partial charge is 0.319 e. The van der Waals surface area contributed by atoms with Crippen LogP contribution in [-0.2, 0) is 13.1 Å². The molecule has 33 heavy (non-hydrogen) atoms. The molecule has 8 nitrogen and oxygen atoms in total. The number of nitrogens with one attached hydrogen (secondary N) is 3. The minimum Gasteiger partial charge on any atom is -0.497 e. The van der Waals surface area contributed by atoms with Gasteiger partial charge in [-0.25, -0.2) is 4.79 Å². The molecule has 4 rings (SSSR count). The number of hydrogen-bond acceptors (Lipinski definition) is 5. The van der Waals surface area contributed by atoms with Gasteiger partial charge in [0.25, 0.3) is 5.91 Å². The molecule has 1 fully saturated rings. The predicted molar refractivity (Wildman–Crippen MR) is 127 cm³/mol. The second-order valence-electron chi connectivity index (χ2n) is 7.84. The molecule has 2 heterocycles. The van der Waals surface area contributed by atoms with Crippen LogP contribution in [0.2, 0.25) is 0 Å². The Morgan fingerprint density at radius 2 is 1.79 bits per heavy atom. The van der Waals surface area contributed by atoms with Gasteiger partial charge in [-0.3, -0.25) is 4.79 Å². The first-order chi connectivity index (χ1) is 16.1. The molecule has 2 aromatic carbocycles. The van der Waals surface area contributed by atoms with Crippen LogP contribution in [0.3, 0.4) is 0 Å². The van der Waals surface area contributed by atoms with Crippen molar-refractivity contribution in [1.29, 1.82) is 0 Å². The van der Waals surface area contributed by atoms with Gasteiger partial charge in [-0.05, 0) is 60.9 Å². The Balaban J connectivity index is 1.44. The van der Waals surface area contributed by atoms with Crippen molar-refractivity contribution in [2.24, 2.45) is 0 Å². The fraction of sp³-hybridized carbons (Fsp3) is 0.280. The molecule has 0 saturated carbocycles. The Morgan fingerprint density at radius 1 is 1.00 bits per heavy atom. The minimum absolute atomic E-state index is 0.210. The molecule has 1 aromatic heterocycles. The summed E-state index contributed by atoms with van der Waals surface area (Å²) in [5.41, 5.74) is 2.96. The quantitative estimate of drug-likeness (QED) is 0.481. The standard InChI is InChI=1S/C25H28N4O4/c1-32-20-9-6-18(7-10-20)16-26-24(30)19-8-11-23(29-12-2-3-13-29)22(15-19)28-25(31)27-17-21-5-4-14-33-21/h4-11,14-15H,2-3,12-13,16-17H2,1H3,(H,26,30)(H2,27,28,31). The second kappa shape index (κ2) is 10.6. The predicted octanol–water partition coefficient (Wildman–Crippen LogP) is 4.14. The van der Waals surface area contributed by atoms with Crippen molar-refractivity contribution in [2.75, 3.05) is 30.4 Å². The van der Waals surface area contributed by atoms with Crippen molar-refractivity contribution < 1.29 is 18.7 Å². The van der Waals surface area contributed by atoms with Gasteiger partial charge < -0.3 is 30.0 Å². The van der Waals surface area contributed by atoms with Gasteiger partial charge in [0.15, 0.2) is 0 Å². The van der Waals surface area contributed by atoms with Gasteiger partial charge in [0.2, 0.25) is 0 Å². The lowest BCUT2D eigenvalue weighted by molar-refractivity contribution is 0.0951. The molecule has 172 valence electrons. The van der Waals surface area contributed by atoms with Crippen molar-refractivity contribution in [2.45, 2.75) is 25.9 Å². The molecule has 0 aliphatic carbocycles. The van der Waals surface area contributed by atoms with E-state index < -0.39 is 0 Å². The zero-order chi connectivity index (χ0) is 23.0. The van der Waals surface area contributed by atoms with E-state index in [2.05, 4.69) is 20.9 Å². The highest BCUT2D eigenvalue weighted by Gasteiger charge is 2.19. The molecule has 0 unspecified atom stereocenters. The lowest BCUT2D eigenvalue weighted by atomic mass is 10.1. The summed E-state index contributed by atoms with van der Waals surface area (Å²) in [5.74, 6) is 1.22. The molecule has 0 atom stereocenters. The number of anilines is 2. The van der Waals surface area contributed by atoms with Crippen LogP contribution in [0.5, 0.6) is 5.75 Å². The normalized spacial score (nSPS) is 12.9. The number of benzene rings is 2. The van der Waals surface area contributed by atoms with Gasteiger partial charge in [-0.1, -0.05) is 12.1 Å². The number of carbonyl (C=O) groups is 2. The lowest BCUT2D eigenvalue weighted by Crippen LogP contribution is -2.30.